The maximum atomic E-state index is 3.94. The lowest BCUT2D eigenvalue weighted by Gasteiger charge is -2.41. The largest absolute Gasteiger partial charge is 0.313 e. The first-order chi connectivity index (χ1) is 16.3. The Balaban J connectivity index is 1.49. The van der Waals surface area contributed by atoms with Crippen molar-refractivity contribution in [2.24, 2.45) is 0 Å². The molecule has 0 spiro atoms. The van der Waals surface area contributed by atoms with Gasteiger partial charge in [0.25, 0.3) is 0 Å². The van der Waals surface area contributed by atoms with Crippen molar-refractivity contribution in [1.29, 1.82) is 0 Å². The molecule has 0 amide bonds. The second-order valence-corrected chi connectivity index (χ2v) is 11.3. The third kappa shape index (κ3) is 4.81. The first-order valence-electron chi connectivity index (χ1n) is 14.3. The monoisotopic (exact) mass is 443 g/mol. The van der Waals surface area contributed by atoms with Gasteiger partial charge in [0, 0.05) is 11.5 Å². The summed E-state index contributed by atoms with van der Waals surface area (Å²) in [6.45, 7) is 3.53. The first kappa shape index (κ1) is 23.2. The fraction of sp³-hybridized carbons (Fsp3) is 0.625. The summed E-state index contributed by atoms with van der Waals surface area (Å²) in [6.07, 6.45) is 19.0. The van der Waals surface area contributed by atoms with Crippen LogP contribution in [-0.4, -0.2) is 12.6 Å². The number of benzene rings is 2. The van der Waals surface area contributed by atoms with E-state index in [4.69, 9.17) is 0 Å². The summed E-state index contributed by atoms with van der Waals surface area (Å²) >= 11 is 0. The minimum Gasteiger partial charge on any atom is -0.313 e. The van der Waals surface area contributed by atoms with Gasteiger partial charge >= 0.3 is 0 Å². The number of hydrogen-bond acceptors (Lipinski definition) is 1. The van der Waals surface area contributed by atoms with Gasteiger partial charge < -0.3 is 5.32 Å². The average molecular weight is 444 g/mol. The summed E-state index contributed by atoms with van der Waals surface area (Å²) in [6, 6.07) is 20.5. The second kappa shape index (κ2) is 10.8. The van der Waals surface area contributed by atoms with E-state index in [2.05, 4.69) is 60.8 Å². The Kier molecular flexibility index (Phi) is 7.56. The van der Waals surface area contributed by atoms with Crippen LogP contribution in [0, 0.1) is 0 Å². The van der Waals surface area contributed by atoms with Crippen LogP contribution in [0.2, 0.25) is 0 Å². The Labute approximate surface area is 202 Å². The van der Waals surface area contributed by atoms with Crippen molar-refractivity contribution < 1.29 is 0 Å². The Morgan fingerprint density at radius 2 is 1.12 bits per heavy atom. The van der Waals surface area contributed by atoms with Gasteiger partial charge in [-0.15, -0.1) is 0 Å². The fourth-order valence-corrected chi connectivity index (χ4v) is 7.51. The van der Waals surface area contributed by atoms with Crippen molar-refractivity contribution in [3.05, 3.63) is 70.8 Å². The van der Waals surface area contributed by atoms with Gasteiger partial charge in [-0.3, -0.25) is 0 Å². The minimum absolute atomic E-state index is 0.0848. The zero-order valence-electron chi connectivity index (χ0n) is 21.0. The molecule has 1 atom stereocenters. The standard InChI is InChI=1S/C32H45N/c1-2-23-32(31-14-9-24-33-31,29-19-15-27(16-20-29)25-10-5-3-6-11-25)30-21-17-28(18-22-30)26-12-7-4-8-13-26/h15-22,25-26,31,33H,2-14,23-24H2,1H3. The van der Waals surface area contributed by atoms with Crippen LogP contribution in [-0.2, 0) is 5.41 Å². The van der Waals surface area contributed by atoms with Crippen LogP contribution < -0.4 is 5.32 Å². The molecule has 2 aromatic rings. The highest BCUT2D eigenvalue weighted by molar-refractivity contribution is 5.45. The molecule has 1 aliphatic heterocycles. The highest BCUT2D eigenvalue weighted by Gasteiger charge is 2.42. The molecule has 3 aliphatic rings. The Bertz CT molecular complexity index is 785. The van der Waals surface area contributed by atoms with Gasteiger partial charge in [0.15, 0.2) is 0 Å². The van der Waals surface area contributed by atoms with Crippen molar-refractivity contribution in [2.75, 3.05) is 6.54 Å². The molecular weight excluding hydrogens is 398 g/mol. The van der Waals surface area contributed by atoms with E-state index in [0.29, 0.717) is 6.04 Å². The summed E-state index contributed by atoms with van der Waals surface area (Å²) in [5.74, 6) is 1.57. The fourth-order valence-electron chi connectivity index (χ4n) is 7.51. The molecule has 1 unspecified atom stereocenters. The van der Waals surface area contributed by atoms with E-state index in [1.54, 1.807) is 11.1 Å². The third-order valence-corrected chi connectivity index (χ3v) is 9.30. The topological polar surface area (TPSA) is 12.0 Å². The smallest absolute Gasteiger partial charge is 0.0355 e. The summed E-state index contributed by atoms with van der Waals surface area (Å²) in [5.41, 5.74) is 6.32. The Morgan fingerprint density at radius 1 is 0.636 bits per heavy atom. The summed E-state index contributed by atoms with van der Waals surface area (Å²) in [5, 5.41) is 3.94. The SMILES string of the molecule is CCCC(c1ccc(C2CCCCC2)cc1)(c1ccc(C2CCCCC2)cc1)C1CCCN1. The maximum absolute atomic E-state index is 3.94. The molecule has 1 N–H and O–H groups in total. The lowest BCUT2D eigenvalue weighted by atomic mass is 9.65. The molecule has 1 saturated heterocycles. The summed E-state index contributed by atoms with van der Waals surface area (Å²) < 4.78 is 0. The molecular formula is C32H45N. The van der Waals surface area contributed by atoms with Gasteiger partial charge in [0.05, 0.1) is 0 Å². The molecule has 1 nitrogen and oxygen atoms in total. The third-order valence-electron chi connectivity index (χ3n) is 9.30. The van der Waals surface area contributed by atoms with Gasteiger partial charge in [-0.05, 0) is 85.6 Å². The molecule has 0 radical (unpaired) electrons. The van der Waals surface area contributed by atoms with Crippen molar-refractivity contribution >= 4 is 0 Å². The van der Waals surface area contributed by atoms with Crippen LogP contribution in [0.25, 0.3) is 0 Å². The molecule has 5 rings (SSSR count). The van der Waals surface area contributed by atoms with Crippen LogP contribution >= 0.6 is 0 Å². The van der Waals surface area contributed by atoms with E-state index in [1.165, 1.54) is 101 Å². The van der Waals surface area contributed by atoms with E-state index in [0.717, 1.165) is 18.4 Å². The molecule has 1 heteroatoms. The predicted molar refractivity (Wildman–Crippen MR) is 141 cm³/mol. The van der Waals surface area contributed by atoms with Crippen molar-refractivity contribution in [3.63, 3.8) is 0 Å². The molecule has 2 aromatic carbocycles. The molecule has 178 valence electrons. The van der Waals surface area contributed by atoms with Gasteiger partial charge in [-0.2, -0.15) is 0 Å². The summed E-state index contributed by atoms with van der Waals surface area (Å²) in [7, 11) is 0. The highest BCUT2D eigenvalue weighted by Crippen LogP contribution is 2.44. The van der Waals surface area contributed by atoms with Crippen LogP contribution in [0.4, 0.5) is 0 Å². The Hall–Kier alpha value is -1.60. The maximum Gasteiger partial charge on any atom is 0.0355 e. The zero-order chi connectivity index (χ0) is 22.5. The van der Waals surface area contributed by atoms with Crippen LogP contribution in [0.3, 0.4) is 0 Å². The predicted octanol–water partition coefficient (Wildman–Crippen LogP) is 8.62. The van der Waals surface area contributed by atoms with Crippen molar-refractivity contribution in [3.8, 4) is 0 Å². The molecule has 3 fully saturated rings. The minimum atomic E-state index is 0.0848. The van der Waals surface area contributed by atoms with E-state index in [-0.39, 0.29) is 5.41 Å². The normalized spacial score (nSPS) is 23.1. The first-order valence-corrected chi connectivity index (χ1v) is 14.3. The van der Waals surface area contributed by atoms with Crippen molar-refractivity contribution in [2.45, 2.75) is 120 Å². The lowest BCUT2D eigenvalue weighted by Crippen LogP contribution is -2.46. The quantitative estimate of drug-likeness (QED) is 0.451. The molecule has 0 bridgehead atoms. The molecule has 33 heavy (non-hydrogen) atoms. The van der Waals surface area contributed by atoms with Crippen molar-refractivity contribution in [1.82, 2.24) is 5.32 Å². The lowest BCUT2D eigenvalue weighted by molar-refractivity contribution is 0.348. The molecule has 1 heterocycles. The Morgan fingerprint density at radius 3 is 1.52 bits per heavy atom. The molecule has 0 aromatic heterocycles. The van der Waals surface area contributed by atoms with Gasteiger partial charge in [-0.25, -0.2) is 0 Å². The van der Waals surface area contributed by atoms with E-state index >= 15 is 0 Å². The zero-order valence-corrected chi connectivity index (χ0v) is 21.0. The second-order valence-electron chi connectivity index (χ2n) is 11.3. The van der Waals surface area contributed by atoms with E-state index < -0.39 is 0 Å². The van der Waals surface area contributed by atoms with Crippen LogP contribution in [0.15, 0.2) is 48.5 Å². The van der Waals surface area contributed by atoms with Crippen LogP contribution in [0.1, 0.15) is 131 Å². The average Bonchev–Trinajstić information content (AvgIpc) is 3.44. The molecule has 2 aliphatic carbocycles. The van der Waals surface area contributed by atoms with E-state index in [9.17, 15) is 0 Å². The van der Waals surface area contributed by atoms with Gasteiger partial charge in [0.2, 0.25) is 0 Å². The van der Waals surface area contributed by atoms with Gasteiger partial charge in [-0.1, -0.05) is 100 Å². The number of nitrogens with one attached hydrogen (secondary N) is 1. The van der Waals surface area contributed by atoms with E-state index in [1.807, 2.05) is 0 Å². The number of rotatable bonds is 7. The van der Waals surface area contributed by atoms with Gasteiger partial charge in [0.1, 0.15) is 0 Å². The highest BCUT2D eigenvalue weighted by atomic mass is 15.0. The number of hydrogen-bond donors (Lipinski definition) is 1. The molecule has 2 saturated carbocycles. The summed E-state index contributed by atoms with van der Waals surface area (Å²) in [4.78, 5) is 0. The van der Waals surface area contributed by atoms with Crippen LogP contribution in [0.5, 0.6) is 0 Å².